The number of amides is 1. The fourth-order valence-electron chi connectivity index (χ4n) is 1.78. The van der Waals surface area contributed by atoms with Crippen LogP contribution in [0.15, 0.2) is 35.4 Å². The Balaban J connectivity index is 2.16. The largest absolute Gasteiger partial charge is 0.396 e. The highest BCUT2D eigenvalue weighted by Crippen LogP contribution is 2.14. The molecule has 0 atom stereocenters. The van der Waals surface area contributed by atoms with Crippen molar-refractivity contribution in [1.29, 1.82) is 0 Å². The lowest BCUT2D eigenvalue weighted by Crippen LogP contribution is -2.30. The summed E-state index contributed by atoms with van der Waals surface area (Å²) in [5.74, 6) is -0.452. The summed E-state index contributed by atoms with van der Waals surface area (Å²) in [6.45, 7) is 0.490. The molecule has 1 amide bonds. The summed E-state index contributed by atoms with van der Waals surface area (Å²) >= 11 is 0. The van der Waals surface area contributed by atoms with Crippen LogP contribution >= 0.6 is 0 Å². The molecule has 2 aromatic heterocycles. The summed E-state index contributed by atoms with van der Waals surface area (Å²) in [5, 5.41) is 17.6. The van der Waals surface area contributed by atoms with Crippen molar-refractivity contribution in [2.45, 2.75) is 12.8 Å². The van der Waals surface area contributed by atoms with Crippen molar-refractivity contribution < 1.29 is 9.90 Å². The van der Waals surface area contributed by atoms with Gasteiger partial charge in [0.1, 0.15) is 5.56 Å². The molecule has 2 aromatic rings. The van der Waals surface area contributed by atoms with Gasteiger partial charge in [-0.1, -0.05) is 0 Å². The van der Waals surface area contributed by atoms with Crippen LogP contribution in [0.1, 0.15) is 23.2 Å². The lowest BCUT2D eigenvalue weighted by molar-refractivity contribution is 0.0950. The number of carbonyl (C=O) groups excluding carboxylic acids is 1. The first-order valence-corrected chi connectivity index (χ1v) is 6.61. The normalized spacial score (nSPS) is 10.3. The summed E-state index contributed by atoms with van der Waals surface area (Å²) in [5.41, 5.74) is 0.737. The Morgan fingerprint density at radius 3 is 2.76 bits per heavy atom. The minimum Gasteiger partial charge on any atom is -0.396 e. The van der Waals surface area contributed by atoms with E-state index in [0.29, 0.717) is 25.1 Å². The summed E-state index contributed by atoms with van der Waals surface area (Å²) < 4.78 is 0. The summed E-state index contributed by atoms with van der Waals surface area (Å²) in [7, 11) is 0. The molecule has 0 saturated carbocycles. The van der Waals surface area contributed by atoms with E-state index in [0.717, 1.165) is 5.56 Å². The Labute approximate surface area is 121 Å². The van der Waals surface area contributed by atoms with Crippen LogP contribution < -0.4 is 10.9 Å². The van der Waals surface area contributed by atoms with Gasteiger partial charge in [-0.25, -0.2) is 5.10 Å². The molecule has 2 rings (SSSR count). The first-order chi connectivity index (χ1) is 10.2. The van der Waals surface area contributed by atoms with E-state index in [1.165, 1.54) is 6.07 Å². The fraction of sp³-hybridized carbons (Fsp3) is 0.286. The number of rotatable bonds is 6. The monoisotopic (exact) mass is 288 g/mol. The van der Waals surface area contributed by atoms with Crippen LogP contribution in [0.5, 0.6) is 0 Å². The predicted molar refractivity (Wildman–Crippen MR) is 76.7 cm³/mol. The van der Waals surface area contributed by atoms with Crippen LogP contribution in [-0.4, -0.2) is 39.3 Å². The molecule has 2 heterocycles. The molecule has 110 valence electrons. The molecule has 0 aromatic carbocycles. The second-order valence-electron chi connectivity index (χ2n) is 4.42. The van der Waals surface area contributed by atoms with Crippen LogP contribution in [0.2, 0.25) is 0 Å². The number of unbranched alkanes of at least 4 members (excludes halogenated alkanes) is 1. The highest BCUT2D eigenvalue weighted by Gasteiger charge is 2.12. The van der Waals surface area contributed by atoms with Gasteiger partial charge in [-0.3, -0.25) is 14.6 Å². The van der Waals surface area contributed by atoms with Gasteiger partial charge in [0.15, 0.2) is 0 Å². The minimum atomic E-state index is -0.535. The molecule has 7 nitrogen and oxygen atoms in total. The van der Waals surface area contributed by atoms with Crippen molar-refractivity contribution in [3.63, 3.8) is 0 Å². The summed E-state index contributed by atoms with van der Waals surface area (Å²) in [6, 6.07) is 4.93. The minimum absolute atomic E-state index is 0.0146. The van der Waals surface area contributed by atoms with E-state index in [9.17, 15) is 9.59 Å². The number of aliphatic hydroxyl groups is 1. The van der Waals surface area contributed by atoms with Gasteiger partial charge in [0.05, 0.1) is 5.69 Å². The van der Waals surface area contributed by atoms with Crippen LogP contribution in [-0.2, 0) is 0 Å². The number of aromatic amines is 1. The zero-order chi connectivity index (χ0) is 15.1. The highest BCUT2D eigenvalue weighted by molar-refractivity contribution is 5.94. The maximum Gasteiger partial charge on any atom is 0.277 e. The number of nitrogens with zero attached hydrogens (tertiary/aromatic N) is 2. The molecular weight excluding hydrogens is 272 g/mol. The Hall–Kier alpha value is -2.54. The van der Waals surface area contributed by atoms with Crippen molar-refractivity contribution in [2.75, 3.05) is 13.2 Å². The third-order valence-electron chi connectivity index (χ3n) is 2.89. The van der Waals surface area contributed by atoms with E-state index in [1.54, 1.807) is 24.5 Å². The van der Waals surface area contributed by atoms with Crippen LogP contribution in [0, 0.1) is 0 Å². The van der Waals surface area contributed by atoms with Crippen molar-refractivity contribution >= 4 is 5.91 Å². The third-order valence-corrected chi connectivity index (χ3v) is 2.89. The maximum atomic E-state index is 12.0. The van der Waals surface area contributed by atoms with Crippen LogP contribution in [0.25, 0.3) is 11.3 Å². The van der Waals surface area contributed by atoms with E-state index in [4.69, 9.17) is 5.11 Å². The van der Waals surface area contributed by atoms with Gasteiger partial charge in [-0.05, 0) is 31.0 Å². The number of aromatic nitrogens is 3. The van der Waals surface area contributed by atoms with Gasteiger partial charge in [-0.15, -0.1) is 0 Å². The molecule has 0 unspecified atom stereocenters. The molecule has 0 bridgehead atoms. The Morgan fingerprint density at radius 2 is 2.05 bits per heavy atom. The topological polar surface area (TPSA) is 108 Å². The number of carbonyl (C=O) groups is 1. The summed E-state index contributed by atoms with van der Waals surface area (Å²) in [6.07, 6.45) is 4.48. The van der Waals surface area contributed by atoms with Crippen molar-refractivity contribution in [2.24, 2.45) is 0 Å². The second-order valence-corrected chi connectivity index (χ2v) is 4.42. The molecule has 0 spiro atoms. The molecule has 21 heavy (non-hydrogen) atoms. The zero-order valence-electron chi connectivity index (χ0n) is 11.4. The van der Waals surface area contributed by atoms with Gasteiger partial charge in [0, 0.05) is 31.1 Å². The molecule has 7 heteroatoms. The van der Waals surface area contributed by atoms with Crippen LogP contribution in [0.4, 0.5) is 0 Å². The molecule has 0 aliphatic rings. The molecule has 0 radical (unpaired) electrons. The average molecular weight is 288 g/mol. The number of pyridine rings is 1. The molecule has 0 fully saturated rings. The molecule has 3 N–H and O–H groups in total. The Bertz CT molecular complexity index is 655. The molecular formula is C14H16N4O3. The van der Waals surface area contributed by atoms with Gasteiger partial charge in [0.2, 0.25) is 0 Å². The van der Waals surface area contributed by atoms with Gasteiger partial charge in [0.25, 0.3) is 11.5 Å². The van der Waals surface area contributed by atoms with Gasteiger partial charge < -0.3 is 10.4 Å². The second kappa shape index (κ2) is 7.30. The number of H-pyrrole nitrogens is 1. The number of nitrogens with one attached hydrogen (secondary N) is 2. The number of hydrogen-bond donors (Lipinski definition) is 3. The summed E-state index contributed by atoms with van der Waals surface area (Å²) in [4.78, 5) is 27.6. The Morgan fingerprint density at radius 1 is 1.29 bits per heavy atom. The van der Waals surface area contributed by atoms with Crippen molar-refractivity contribution in [1.82, 2.24) is 20.5 Å². The standard InChI is InChI=1S/C14H16N4O3/c19-8-2-1-5-16-13(20)11-9-12(17-18-14(11)21)10-3-6-15-7-4-10/h3-4,6-7,9,19H,1-2,5,8H2,(H,16,20)(H,18,21). The van der Waals surface area contributed by atoms with Crippen LogP contribution in [0.3, 0.4) is 0 Å². The van der Waals surface area contributed by atoms with E-state index in [2.05, 4.69) is 20.5 Å². The van der Waals surface area contributed by atoms with Crippen molar-refractivity contribution in [3.8, 4) is 11.3 Å². The molecule has 0 aliphatic carbocycles. The molecule has 0 aliphatic heterocycles. The van der Waals surface area contributed by atoms with E-state index in [-0.39, 0.29) is 12.2 Å². The van der Waals surface area contributed by atoms with E-state index < -0.39 is 11.5 Å². The maximum absolute atomic E-state index is 12.0. The quantitative estimate of drug-likeness (QED) is 0.664. The SMILES string of the molecule is O=C(NCCCCO)c1cc(-c2ccncc2)n[nH]c1=O. The zero-order valence-corrected chi connectivity index (χ0v) is 11.4. The first-order valence-electron chi connectivity index (χ1n) is 6.61. The van der Waals surface area contributed by atoms with Gasteiger partial charge in [-0.2, -0.15) is 5.10 Å². The first kappa shape index (κ1) is 14.9. The average Bonchev–Trinajstić information content (AvgIpc) is 2.52. The van der Waals surface area contributed by atoms with Gasteiger partial charge >= 0.3 is 0 Å². The number of aliphatic hydroxyl groups excluding tert-OH is 1. The Kier molecular flexibility index (Phi) is 5.16. The molecule has 0 saturated heterocycles. The highest BCUT2D eigenvalue weighted by atomic mass is 16.3. The fourth-order valence-corrected chi connectivity index (χ4v) is 1.78. The lowest BCUT2D eigenvalue weighted by Gasteiger charge is -2.05. The third kappa shape index (κ3) is 3.96. The predicted octanol–water partition coefficient (Wildman–Crippen LogP) is 0.334. The van der Waals surface area contributed by atoms with Crippen molar-refractivity contribution in [3.05, 3.63) is 46.5 Å². The smallest absolute Gasteiger partial charge is 0.277 e. The van der Waals surface area contributed by atoms with E-state index in [1.807, 2.05) is 0 Å². The number of hydrogen-bond acceptors (Lipinski definition) is 5. The lowest BCUT2D eigenvalue weighted by atomic mass is 10.1. The van der Waals surface area contributed by atoms with E-state index >= 15 is 0 Å².